The van der Waals surface area contributed by atoms with Crippen LogP contribution < -0.4 is 0 Å². The summed E-state index contributed by atoms with van der Waals surface area (Å²) < 4.78 is 0. The van der Waals surface area contributed by atoms with Crippen LogP contribution in [-0.4, -0.2) is 16.3 Å². The molecule has 82 valence electrons. The summed E-state index contributed by atoms with van der Waals surface area (Å²) in [7, 11) is 0. The average Bonchev–Trinajstić information content (AvgIpc) is 2.15. The number of carbonyl (C=O) groups is 1. The molecule has 0 amide bonds. The second-order valence-electron chi connectivity index (χ2n) is 3.03. The number of halogens is 2. The number of hydrogen-bond donors (Lipinski definition) is 1. The summed E-state index contributed by atoms with van der Waals surface area (Å²) in [6, 6.07) is 5.21. The number of hydrogen-bond acceptors (Lipinski definition) is 2. The van der Waals surface area contributed by atoms with E-state index in [1.54, 1.807) is 19.1 Å². The number of thioether (sulfide) groups is 1. The van der Waals surface area contributed by atoms with Crippen LogP contribution >= 0.6 is 35.0 Å². The topological polar surface area (TPSA) is 37.3 Å². The quantitative estimate of drug-likeness (QED) is 0.901. The molecule has 2 nitrogen and oxygen atoms in total. The van der Waals surface area contributed by atoms with Gasteiger partial charge in [0, 0.05) is 15.8 Å². The van der Waals surface area contributed by atoms with Gasteiger partial charge in [0.2, 0.25) is 0 Å². The standard InChI is InChI=1S/C10H10Cl2O2S/c1-6(10(13)14)15-5-7-2-3-8(11)4-9(7)12/h2-4,6H,5H2,1H3,(H,13,14). The van der Waals surface area contributed by atoms with Crippen molar-refractivity contribution >= 4 is 40.9 Å². The molecule has 0 saturated heterocycles. The predicted octanol–water partition coefficient (Wildman–Crippen LogP) is 3.70. The summed E-state index contributed by atoms with van der Waals surface area (Å²) in [5.74, 6) is -0.242. The number of carboxylic acid groups (broad SMARTS) is 1. The third-order valence-electron chi connectivity index (χ3n) is 1.85. The van der Waals surface area contributed by atoms with Crippen molar-refractivity contribution in [1.82, 2.24) is 0 Å². The smallest absolute Gasteiger partial charge is 0.316 e. The molecular weight excluding hydrogens is 255 g/mol. The second kappa shape index (κ2) is 5.64. The van der Waals surface area contributed by atoms with Gasteiger partial charge in [0.25, 0.3) is 0 Å². The lowest BCUT2D eigenvalue weighted by atomic mass is 10.2. The molecule has 0 heterocycles. The molecule has 0 spiro atoms. The van der Waals surface area contributed by atoms with Gasteiger partial charge in [-0.05, 0) is 24.6 Å². The molecule has 0 aromatic heterocycles. The van der Waals surface area contributed by atoms with E-state index in [1.807, 2.05) is 6.07 Å². The zero-order valence-electron chi connectivity index (χ0n) is 8.04. The van der Waals surface area contributed by atoms with Gasteiger partial charge in [-0.15, -0.1) is 11.8 Å². The van der Waals surface area contributed by atoms with Gasteiger partial charge in [-0.3, -0.25) is 4.79 Å². The first kappa shape index (κ1) is 12.7. The maximum atomic E-state index is 10.6. The fraction of sp³-hybridized carbons (Fsp3) is 0.300. The summed E-state index contributed by atoms with van der Waals surface area (Å²) in [6.07, 6.45) is 0. The molecule has 0 saturated carbocycles. The monoisotopic (exact) mass is 264 g/mol. The van der Waals surface area contributed by atoms with E-state index in [2.05, 4.69) is 0 Å². The summed E-state index contributed by atoms with van der Waals surface area (Å²) in [5, 5.41) is 9.42. The van der Waals surface area contributed by atoms with Crippen LogP contribution in [0.4, 0.5) is 0 Å². The van der Waals surface area contributed by atoms with Crippen molar-refractivity contribution in [2.75, 3.05) is 0 Å². The van der Waals surface area contributed by atoms with Crippen LogP contribution in [0.2, 0.25) is 10.0 Å². The molecule has 0 aliphatic heterocycles. The fourth-order valence-corrected chi connectivity index (χ4v) is 2.30. The molecule has 0 aliphatic rings. The van der Waals surface area contributed by atoms with Crippen LogP contribution in [-0.2, 0) is 10.5 Å². The van der Waals surface area contributed by atoms with Crippen LogP contribution in [0.5, 0.6) is 0 Å². The molecule has 1 aromatic carbocycles. The van der Waals surface area contributed by atoms with Gasteiger partial charge in [-0.2, -0.15) is 0 Å². The lowest BCUT2D eigenvalue weighted by Gasteiger charge is -2.07. The predicted molar refractivity (Wildman–Crippen MR) is 64.9 cm³/mol. The van der Waals surface area contributed by atoms with Crippen molar-refractivity contribution in [1.29, 1.82) is 0 Å². The molecule has 0 fully saturated rings. The molecular formula is C10H10Cl2O2S. The van der Waals surface area contributed by atoms with Crippen LogP contribution in [0.15, 0.2) is 18.2 Å². The highest BCUT2D eigenvalue weighted by atomic mass is 35.5. The minimum absolute atomic E-state index is 0.434. The SMILES string of the molecule is CC(SCc1ccc(Cl)cc1Cl)C(=O)O. The summed E-state index contributed by atoms with van der Waals surface area (Å²) in [6.45, 7) is 1.65. The molecule has 1 unspecified atom stereocenters. The zero-order chi connectivity index (χ0) is 11.4. The van der Waals surface area contributed by atoms with Gasteiger partial charge in [0.05, 0.1) is 5.25 Å². The summed E-state index contributed by atoms with van der Waals surface area (Å²) >= 11 is 13.0. The highest BCUT2D eigenvalue weighted by molar-refractivity contribution is 7.99. The van der Waals surface area contributed by atoms with Gasteiger partial charge >= 0.3 is 5.97 Å². The second-order valence-corrected chi connectivity index (χ2v) is 5.20. The van der Waals surface area contributed by atoms with E-state index in [0.29, 0.717) is 15.8 Å². The largest absolute Gasteiger partial charge is 0.480 e. The summed E-state index contributed by atoms with van der Waals surface area (Å²) in [4.78, 5) is 10.6. The first-order valence-corrected chi connectivity index (χ1v) is 6.09. The Labute approximate surface area is 103 Å². The Morgan fingerprint density at radius 3 is 2.73 bits per heavy atom. The van der Waals surface area contributed by atoms with Crippen molar-refractivity contribution in [3.05, 3.63) is 33.8 Å². The molecule has 0 radical (unpaired) electrons. The fourth-order valence-electron chi connectivity index (χ4n) is 0.925. The normalized spacial score (nSPS) is 12.5. The molecule has 1 atom stereocenters. The van der Waals surface area contributed by atoms with E-state index in [0.717, 1.165) is 5.56 Å². The zero-order valence-corrected chi connectivity index (χ0v) is 10.4. The Kier molecular flexibility index (Phi) is 4.77. The van der Waals surface area contributed by atoms with Crippen LogP contribution in [0.3, 0.4) is 0 Å². The van der Waals surface area contributed by atoms with Crippen LogP contribution in [0.25, 0.3) is 0 Å². The van der Waals surface area contributed by atoms with E-state index in [1.165, 1.54) is 11.8 Å². The average molecular weight is 265 g/mol. The van der Waals surface area contributed by atoms with E-state index < -0.39 is 11.2 Å². The van der Waals surface area contributed by atoms with E-state index in [-0.39, 0.29) is 0 Å². The Morgan fingerprint density at radius 2 is 2.20 bits per heavy atom. The third kappa shape index (κ3) is 3.93. The van der Waals surface area contributed by atoms with Crippen LogP contribution in [0.1, 0.15) is 12.5 Å². The first-order valence-electron chi connectivity index (χ1n) is 4.29. The van der Waals surface area contributed by atoms with E-state index in [4.69, 9.17) is 28.3 Å². The lowest BCUT2D eigenvalue weighted by Crippen LogP contribution is -2.11. The van der Waals surface area contributed by atoms with Crippen molar-refractivity contribution in [2.24, 2.45) is 0 Å². The van der Waals surface area contributed by atoms with Crippen molar-refractivity contribution in [2.45, 2.75) is 17.9 Å². The van der Waals surface area contributed by atoms with Crippen LogP contribution in [0, 0.1) is 0 Å². The van der Waals surface area contributed by atoms with Gasteiger partial charge in [-0.1, -0.05) is 29.3 Å². The number of benzene rings is 1. The molecule has 1 rings (SSSR count). The maximum absolute atomic E-state index is 10.6. The minimum Gasteiger partial charge on any atom is -0.480 e. The maximum Gasteiger partial charge on any atom is 0.316 e. The van der Waals surface area contributed by atoms with E-state index >= 15 is 0 Å². The Hall–Kier alpha value is -0.380. The molecule has 0 bridgehead atoms. The Morgan fingerprint density at radius 1 is 1.53 bits per heavy atom. The number of aliphatic carboxylic acids is 1. The van der Waals surface area contributed by atoms with Crippen molar-refractivity contribution in [3.8, 4) is 0 Å². The number of carboxylic acids is 1. The Bertz CT molecular complexity index is 368. The molecule has 1 N–H and O–H groups in total. The number of rotatable bonds is 4. The lowest BCUT2D eigenvalue weighted by molar-refractivity contribution is -0.136. The summed E-state index contributed by atoms with van der Waals surface area (Å²) in [5.41, 5.74) is 0.902. The minimum atomic E-state index is -0.815. The Balaban J connectivity index is 2.62. The molecule has 0 aliphatic carbocycles. The van der Waals surface area contributed by atoms with Crippen molar-refractivity contribution in [3.63, 3.8) is 0 Å². The van der Waals surface area contributed by atoms with Gasteiger partial charge in [-0.25, -0.2) is 0 Å². The highest BCUT2D eigenvalue weighted by Crippen LogP contribution is 2.26. The first-order chi connectivity index (χ1) is 7.00. The van der Waals surface area contributed by atoms with Gasteiger partial charge in [0.15, 0.2) is 0 Å². The molecule has 5 heteroatoms. The highest BCUT2D eigenvalue weighted by Gasteiger charge is 2.12. The molecule has 1 aromatic rings. The van der Waals surface area contributed by atoms with Gasteiger partial charge < -0.3 is 5.11 Å². The van der Waals surface area contributed by atoms with E-state index in [9.17, 15) is 4.79 Å². The van der Waals surface area contributed by atoms with Crippen molar-refractivity contribution < 1.29 is 9.90 Å². The molecule has 15 heavy (non-hydrogen) atoms. The third-order valence-corrected chi connectivity index (χ3v) is 3.62. The van der Waals surface area contributed by atoms with Gasteiger partial charge in [0.1, 0.15) is 0 Å².